The number of primary amides is 1. The van der Waals surface area contributed by atoms with Gasteiger partial charge in [0.05, 0.1) is 0 Å². The fourth-order valence-electron chi connectivity index (χ4n) is 0.604. The minimum absolute atomic E-state index is 0. The normalized spacial score (nSPS) is 14.1. The molecule has 1 aliphatic rings. The molecule has 0 aromatic rings. The molecule has 4 nitrogen and oxygen atoms in total. The third-order valence-corrected chi connectivity index (χ3v) is 0.957. The van der Waals surface area contributed by atoms with Gasteiger partial charge >= 0.3 is 0 Å². The Kier molecular flexibility index (Phi) is 20.2. The predicted molar refractivity (Wildman–Crippen MR) is 55.1 cm³/mol. The predicted octanol–water partition coefficient (Wildman–Crippen LogP) is -0.486. The molecule has 0 bridgehead atoms. The lowest BCUT2D eigenvalue weighted by molar-refractivity contribution is -0.115. The maximum atomic E-state index is 9.22. The minimum Gasteiger partial charge on any atom is -0.370 e. The molecule has 0 atom stereocenters. The second-order valence-electron chi connectivity index (χ2n) is 2.11. The van der Waals surface area contributed by atoms with Gasteiger partial charge in [-0.2, -0.15) is 0 Å². The number of carbonyl (C=O) groups excluding carboxylic acids is 1. The van der Waals surface area contributed by atoms with Crippen molar-refractivity contribution in [3.63, 3.8) is 0 Å². The Morgan fingerprint density at radius 2 is 1.25 bits per heavy atom. The van der Waals surface area contributed by atoms with E-state index in [4.69, 9.17) is 0 Å². The van der Waals surface area contributed by atoms with Gasteiger partial charge in [-0.15, -0.1) is 24.8 Å². The quantitative estimate of drug-likeness (QED) is 0.514. The van der Waals surface area contributed by atoms with Crippen LogP contribution >= 0.6 is 24.8 Å². The van der Waals surface area contributed by atoms with Crippen molar-refractivity contribution in [2.75, 3.05) is 26.2 Å². The maximum Gasteiger partial charge on any atom is 0.214 e. The SMILES string of the molecule is C1CNCCN1.CC(N)=O.Cl.Cl. The summed E-state index contributed by atoms with van der Waals surface area (Å²) in [4.78, 5) is 9.22. The summed E-state index contributed by atoms with van der Waals surface area (Å²) in [5.74, 6) is -0.333. The van der Waals surface area contributed by atoms with Crippen LogP contribution in [0.5, 0.6) is 0 Å². The Morgan fingerprint density at radius 1 is 1.08 bits per heavy atom. The van der Waals surface area contributed by atoms with Crippen LogP contribution in [0.15, 0.2) is 0 Å². The maximum absolute atomic E-state index is 9.22. The summed E-state index contributed by atoms with van der Waals surface area (Å²) >= 11 is 0. The Balaban J connectivity index is -0.000000124. The molecule has 76 valence electrons. The zero-order chi connectivity index (χ0) is 7.82. The number of halogens is 2. The Hall–Kier alpha value is -0.0300. The Morgan fingerprint density at radius 3 is 1.33 bits per heavy atom. The number of piperazine rings is 1. The molecule has 0 unspecified atom stereocenters. The zero-order valence-corrected chi connectivity index (χ0v) is 8.76. The van der Waals surface area contributed by atoms with Crippen molar-refractivity contribution >= 4 is 30.7 Å². The highest BCUT2D eigenvalue weighted by atomic mass is 35.5. The lowest BCUT2D eigenvalue weighted by Gasteiger charge is -2.11. The monoisotopic (exact) mass is 217 g/mol. The minimum atomic E-state index is -0.333. The first-order chi connectivity index (χ1) is 4.73. The van der Waals surface area contributed by atoms with E-state index in [1.807, 2.05) is 0 Å². The lowest BCUT2D eigenvalue weighted by Crippen LogP contribution is -2.39. The molecule has 0 saturated carbocycles. The third-order valence-electron chi connectivity index (χ3n) is 0.957. The van der Waals surface area contributed by atoms with E-state index in [2.05, 4.69) is 16.4 Å². The second-order valence-corrected chi connectivity index (χ2v) is 2.11. The van der Waals surface area contributed by atoms with E-state index in [-0.39, 0.29) is 30.7 Å². The van der Waals surface area contributed by atoms with E-state index in [1.54, 1.807) is 0 Å². The summed E-state index contributed by atoms with van der Waals surface area (Å²) in [6, 6.07) is 0. The van der Waals surface area contributed by atoms with Crippen molar-refractivity contribution in [3.05, 3.63) is 0 Å². The van der Waals surface area contributed by atoms with Gasteiger partial charge in [-0.1, -0.05) is 0 Å². The first-order valence-corrected chi connectivity index (χ1v) is 3.41. The van der Waals surface area contributed by atoms with Crippen LogP contribution in [-0.4, -0.2) is 32.1 Å². The highest BCUT2D eigenvalue weighted by Gasteiger charge is 1.91. The van der Waals surface area contributed by atoms with Crippen LogP contribution in [-0.2, 0) is 4.79 Å². The molecular weight excluding hydrogens is 201 g/mol. The highest BCUT2D eigenvalue weighted by molar-refractivity contribution is 5.85. The van der Waals surface area contributed by atoms with Crippen molar-refractivity contribution in [1.82, 2.24) is 10.6 Å². The number of carbonyl (C=O) groups is 1. The molecule has 4 N–H and O–H groups in total. The number of amides is 1. The summed E-state index contributed by atoms with van der Waals surface area (Å²) in [5.41, 5.74) is 4.47. The van der Waals surface area contributed by atoms with Gasteiger partial charge in [0.2, 0.25) is 5.91 Å². The molecule has 1 rings (SSSR count). The second kappa shape index (κ2) is 13.6. The van der Waals surface area contributed by atoms with E-state index in [9.17, 15) is 4.79 Å². The number of rotatable bonds is 0. The van der Waals surface area contributed by atoms with Crippen LogP contribution in [0.3, 0.4) is 0 Å². The van der Waals surface area contributed by atoms with Gasteiger partial charge in [0, 0.05) is 33.1 Å². The first kappa shape index (κ1) is 17.9. The molecule has 0 radical (unpaired) electrons. The summed E-state index contributed by atoms with van der Waals surface area (Å²) in [6.07, 6.45) is 0. The van der Waals surface area contributed by atoms with Crippen LogP contribution in [0.25, 0.3) is 0 Å². The van der Waals surface area contributed by atoms with Crippen LogP contribution < -0.4 is 16.4 Å². The highest BCUT2D eigenvalue weighted by Crippen LogP contribution is 1.65. The van der Waals surface area contributed by atoms with Gasteiger partial charge < -0.3 is 16.4 Å². The van der Waals surface area contributed by atoms with E-state index < -0.39 is 0 Å². The molecule has 1 fully saturated rings. The number of nitrogens with two attached hydrogens (primary N) is 1. The van der Waals surface area contributed by atoms with E-state index in [1.165, 1.54) is 6.92 Å². The number of hydrogen-bond acceptors (Lipinski definition) is 3. The van der Waals surface area contributed by atoms with Crippen LogP contribution in [0.1, 0.15) is 6.92 Å². The van der Waals surface area contributed by atoms with E-state index in [0.717, 1.165) is 26.2 Å². The van der Waals surface area contributed by atoms with Crippen molar-refractivity contribution < 1.29 is 4.79 Å². The fourth-order valence-corrected chi connectivity index (χ4v) is 0.604. The Bertz CT molecular complexity index is 83.3. The largest absolute Gasteiger partial charge is 0.370 e. The molecule has 1 amide bonds. The Labute approximate surface area is 85.5 Å². The molecular formula is C6H17Cl2N3O. The molecule has 1 heterocycles. The lowest BCUT2D eigenvalue weighted by atomic mass is 10.4. The van der Waals surface area contributed by atoms with Crippen molar-refractivity contribution in [3.8, 4) is 0 Å². The molecule has 12 heavy (non-hydrogen) atoms. The fraction of sp³-hybridized carbons (Fsp3) is 0.833. The summed E-state index contributed by atoms with van der Waals surface area (Å²) in [6.45, 7) is 5.86. The summed E-state index contributed by atoms with van der Waals surface area (Å²) in [7, 11) is 0. The van der Waals surface area contributed by atoms with E-state index >= 15 is 0 Å². The van der Waals surface area contributed by atoms with Crippen molar-refractivity contribution in [1.29, 1.82) is 0 Å². The van der Waals surface area contributed by atoms with Crippen molar-refractivity contribution in [2.24, 2.45) is 5.73 Å². The third kappa shape index (κ3) is 22.5. The van der Waals surface area contributed by atoms with Crippen LogP contribution in [0.2, 0.25) is 0 Å². The number of hydrogen-bond donors (Lipinski definition) is 3. The average Bonchev–Trinajstić information content (AvgIpc) is 1.90. The van der Waals surface area contributed by atoms with Gasteiger partial charge in [0.25, 0.3) is 0 Å². The molecule has 1 saturated heterocycles. The van der Waals surface area contributed by atoms with Gasteiger partial charge in [-0.3, -0.25) is 4.79 Å². The first-order valence-electron chi connectivity index (χ1n) is 3.41. The van der Waals surface area contributed by atoms with E-state index in [0.29, 0.717) is 0 Å². The summed E-state index contributed by atoms with van der Waals surface area (Å²) in [5, 5.41) is 6.44. The van der Waals surface area contributed by atoms with Gasteiger partial charge in [-0.25, -0.2) is 0 Å². The molecule has 1 aliphatic heterocycles. The zero-order valence-electron chi connectivity index (χ0n) is 7.13. The smallest absolute Gasteiger partial charge is 0.214 e. The average molecular weight is 218 g/mol. The van der Waals surface area contributed by atoms with Gasteiger partial charge in [-0.05, 0) is 0 Å². The molecule has 0 spiro atoms. The van der Waals surface area contributed by atoms with Gasteiger partial charge in [0.15, 0.2) is 0 Å². The topological polar surface area (TPSA) is 67.2 Å². The molecule has 6 heteroatoms. The number of nitrogens with one attached hydrogen (secondary N) is 2. The van der Waals surface area contributed by atoms with Gasteiger partial charge in [0.1, 0.15) is 0 Å². The molecule has 0 aromatic carbocycles. The van der Waals surface area contributed by atoms with Crippen LogP contribution in [0.4, 0.5) is 0 Å². The van der Waals surface area contributed by atoms with Crippen LogP contribution in [0, 0.1) is 0 Å². The molecule has 0 aliphatic carbocycles. The molecule has 0 aromatic heterocycles. The van der Waals surface area contributed by atoms with Crippen molar-refractivity contribution in [2.45, 2.75) is 6.92 Å². The standard InChI is InChI=1S/C4H10N2.C2H5NO.2ClH/c1-2-6-4-3-5-1;1-2(3)4;;/h5-6H,1-4H2;1H3,(H2,3,4);2*1H. The summed E-state index contributed by atoms with van der Waals surface area (Å²) < 4.78 is 0.